The zero-order chi connectivity index (χ0) is 22.8. The maximum Gasteiger partial charge on any atom is 6.00 e. The van der Waals surface area contributed by atoms with Crippen LogP contribution < -0.4 is 0 Å². The average Bonchev–Trinajstić information content (AvgIpc) is 2.82. The molecule has 4 aliphatic rings. The van der Waals surface area contributed by atoms with Crippen LogP contribution in [-0.4, -0.2) is 42.6 Å². The molecule has 4 fully saturated rings. The Labute approximate surface area is 266 Å². The van der Waals surface area contributed by atoms with E-state index in [2.05, 4.69) is 9.80 Å². The van der Waals surface area contributed by atoms with E-state index in [0.717, 1.165) is 8.64 Å². The fourth-order valence-corrected chi connectivity index (χ4v) is 7.82. The summed E-state index contributed by atoms with van der Waals surface area (Å²) in [6.45, 7) is 0. The zero-order valence-corrected chi connectivity index (χ0v) is 28.1. The summed E-state index contributed by atoms with van der Waals surface area (Å²) in [5.41, 5.74) is 0. The number of hydrogen-bond donors (Lipinski definition) is 0. The third kappa shape index (κ3) is 12.1. The van der Waals surface area contributed by atoms with Crippen LogP contribution >= 0.6 is 24.4 Å². The van der Waals surface area contributed by atoms with Gasteiger partial charge in [0.05, 0.1) is 0 Å². The first kappa shape index (κ1) is 36.6. The Morgan fingerprint density at radius 2 is 0.600 bits per heavy atom. The van der Waals surface area contributed by atoms with Gasteiger partial charge < -0.3 is 86.5 Å². The van der Waals surface area contributed by atoms with Crippen molar-refractivity contribution < 1.29 is 21.1 Å². The third-order valence-corrected chi connectivity index (χ3v) is 9.14. The van der Waals surface area contributed by atoms with E-state index >= 15 is 0 Å². The number of hydrogen-bond acceptors (Lipinski definition) is 4. The van der Waals surface area contributed by atoms with E-state index in [4.69, 9.17) is 49.7 Å². The second-order valence-electron chi connectivity index (χ2n) is 10.5. The van der Waals surface area contributed by atoms with Crippen LogP contribution in [0.25, 0.3) is 0 Å². The minimum Gasteiger partial charge on any atom is -2.00 e. The molecule has 0 aliphatic heterocycles. The van der Waals surface area contributed by atoms with Gasteiger partial charge in [0.25, 0.3) is 0 Å². The van der Waals surface area contributed by atoms with Gasteiger partial charge in [-0.25, -0.2) is 0 Å². The standard InChI is InChI=1S/2C13H23NS2.Mo.2S/c2*15-13(16)14(11-7-3-1-4-8-11)12-9-5-2-6-10-12;;;/h2*11-12H,1-10H2,(H,15,16);;;/q;;+6;2*-2/p-2. The Hall–Kier alpha value is 1.61. The quantitative estimate of drug-likeness (QED) is 0.172. The van der Waals surface area contributed by atoms with Crippen molar-refractivity contribution in [2.45, 2.75) is 153 Å². The molecule has 200 valence electrons. The Morgan fingerprint density at radius 1 is 0.429 bits per heavy atom. The van der Waals surface area contributed by atoms with Crippen LogP contribution in [0.4, 0.5) is 0 Å². The molecule has 0 atom stereocenters. The summed E-state index contributed by atoms with van der Waals surface area (Å²) in [4.78, 5) is 4.87. The van der Waals surface area contributed by atoms with Crippen molar-refractivity contribution in [3.8, 4) is 0 Å². The fraction of sp³-hybridized carbons (Fsp3) is 0.923. The monoisotopic (exact) mass is 674 g/mol. The van der Waals surface area contributed by atoms with Crippen LogP contribution in [0.3, 0.4) is 0 Å². The summed E-state index contributed by atoms with van der Waals surface area (Å²) in [6.07, 6.45) is 27.0. The summed E-state index contributed by atoms with van der Waals surface area (Å²) >= 11 is 21.3. The van der Waals surface area contributed by atoms with Crippen molar-refractivity contribution in [3.05, 3.63) is 0 Å². The molecule has 0 unspecified atom stereocenters. The fourth-order valence-electron chi connectivity index (χ4n) is 6.63. The maximum atomic E-state index is 5.32. The molecular weight excluding hydrogens is 629 g/mol. The van der Waals surface area contributed by atoms with Gasteiger partial charge in [-0.3, -0.25) is 0 Å². The maximum absolute atomic E-state index is 5.32. The van der Waals surface area contributed by atoms with Crippen molar-refractivity contribution >= 4 is 85.3 Å². The molecule has 4 aliphatic carbocycles. The minimum atomic E-state index is 0. The van der Waals surface area contributed by atoms with Gasteiger partial charge in [0.15, 0.2) is 0 Å². The van der Waals surface area contributed by atoms with Gasteiger partial charge in [0.2, 0.25) is 0 Å². The average molecular weight is 673 g/mol. The number of nitrogens with zero attached hydrogens (tertiary/aromatic N) is 2. The van der Waals surface area contributed by atoms with Gasteiger partial charge in [-0.05, 0) is 51.4 Å². The van der Waals surface area contributed by atoms with Gasteiger partial charge in [0.1, 0.15) is 0 Å². The minimum absolute atomic E-state index is 0. The Kier molecular flexibility index (Phi) is 21.4. The molecule has 0 saturated heterocycles. The molecule has 4 saturated carbocycles. The second-order valence-corrected chi connectivity index (χ2v) is 12.6. The summed E-state index contributed by atoms with van der Waals surface area (Å²) < 4.78 is 1.47. The van der Waals surface area contributed by atoms with Crippen LogP contribution in [0, 0.1) is 0 Å². The van der Waals surface area contributed by atoms with E-state index in [1.165, 1.54) is 128 Å². The molecule has 0 aromatic carbocycles. The van der Waals surface area contributed by atoms with Crippen LogP contribution in [0.15, 0.2) is 0 Å². The molecule has 0 amide bonds. The van der Waals surface area contributed by atoms with Crippen molar-refractivity contribution in [1.82, 2.24) is 9.80 Å². The van der Waals surface area contributed by atoms with E-state index in [-0.39, 0.29) is 48.1 Å². The van der Waals surface area contributed by atoms with Gasteiger partial charge in [-0.2, -0.15) is 0 Å². The van der Waals surface area contributed by atoms with Crippen molar-refractivity contribution in [2.24, 2.45) is 0 Å². The molecule has 9 heteroatoms. The molecule has 0 aromatic heterocycles. The van der Waals surface area contributed by atoms with E-state index in [9.17, 15) is 0 Å². The normalized spacial score (nSPS) is 22.2. The first-order valence-electron chi connectivity index (χ1n) is 13.6. The summed E-state index contributed by atoms with van der Waals surface area (Å²) in [5, 5.41) is 0. The molecule has 0 bridgehead atoms. The van der Waals surface area contributed by atoms with E-state index in [1.807, 2.05) is 0 Å². The first-order chi connectivity index (χ1) is 15.6. The Balaban J connectivity index is 0.000000608. The summed E-state index contributed by atoms with van der Waals surface area (Å²) in [6, 6.07) is 2.67. The predicted molar refractivity (Wildman–Crippen MR) is 166 cm³/mol. The smallest absolute Gasteiger partial charge is 2.00 e. The largest absolute Gasteiger partial charge is 6.00 e. The van der Waals surface area contributed by atoms with Crippen LogP contribution in [-0.2, 0) is 73.3 Å². The van der Waals surface area contributed by atoms with Crippen LogP contribution in [0.2, 0.25) is 0 Å². The molecule has 0 spiro atoms. The molecule has 0 aromatic rings. The molecule has 2 nitrogen and oxygen atoms in total. The molecule has 0 radical (unpaired) electrons. The third-order valence-electron chi connectivity index (χ3n) is 8.29. The Bertz CT molecular complexity index is 486. The second kappa shape index (κ2) is 20.5. The predicted octanol–water partition coefficient (Wildman–Crippen LogP) is 7.56. The van der Waals surface area contributed by atoms with Crippen molar-refractivity contribution in [1.29, 1.82) is 0 Å². The van der Waals surface area contributed by atoms with Crippen molar-refractivity contribution in [2.75, 3.05) is 0 Å². The number of rotatable bonds is 4. The van der Waals surface area contributed by atoms with Gasteiger partial charge in [-0.1, -0.05) is 85.7 Å². The van der Waals surface area contributed by atoms with Gasteiger partial charge >= 0.3 is 21.1 Å². The van der Waals surface area contributed by atoms with Crippen molar-refractivity contribution in [3.63, 3.8) is 0 Å². The summed E-state index contributed by atoms with van der Waals surface area (Å²) in [7, 11) is 0. The van der Waals surface area contributed by atoms with E-state index < -0.39 is 0 Å². The molecule has 4 rings (SSSR count). The first-order valence-corrected chi connectivity index (χ1v) is 15.2. The van der Waals surface area contributed by atoms with E-state index in [1.54, 1.807) is 0 Å². The molecule has 0 heterocycles. The van der Waals surface area contributed by atoms with Crippen LogP contribution in [0.1, 0.15) is 128 Å². The molecular formula is C26H44MoN2S6. The Morgan fingerprint density at radius 3 is 0.743 bits per heavy atom. The molecule has 0 N–H and O–H groups in total. The van der Waals surface area contributed by atoms with Gasteiger partial charge in [-0.15, -0.1) is 0 Å². The van der Waals surface area contributed by atoms with E-state index in [0.29, 0.717) is 24.2 Å². The number of thiocarbonyl (C=S) groups is 2. The summed E-state index contributed by atoms with van der Waals surface area (Å²) in [5.74, 6) is 0. The van der Waals surface area contributed by atoms with Gasteiger partial charge in [0, 0.05) is 24.2 Å². The molecule has 35 heavy (non-hydrogen) atoms. The zero-order valence-electron chi connectivity index (χ0n) is 21.2. The SMILES string of the molecule is S=C([S-])N(C1CCCCC1)C1CCCCC1.S=C([S-])N(C1CCCCC1)C1CCCCC1.[Mo+6].[S-2].[S-2]. The van der Waals surface area contributed by atoms with Crippen LogP contribution in [0.5, 0.6) is 0 Å². The topological polar surface area (TPSA) is 6.48 Å².